The summed E-state index contributed by atoms with van der Waals surface area (Å²) in [4.78, 5) is 27.7. The number of rotatable bonds is 5. The Hall–Kier alpha value is -2.44. The van der Waals surface area contributed by atoms with E-state index in [1.54, 1.807) is 17.4 Å². The van der Waals surface area contributed by atoms with Crippen LogP contribution in [0.5, 0.6) is 0 Å². The smallest absolute Gasteiger partial charge is 0.250 e. The highest BCUT2D eigenvalue weighted by molar-refractivity contribution is 7.18. The molecule has 2 amide bonds. The van der Waals surface area contributed by atoms with E-state index in [1.165, 1.54) is 12.1 Å². The van der Waals surface area contributed by atoms with Crippen LogP contribution in [-0.2, 0) is 11.2 Å². The van der Waals surface area contributed by atoms with Crippen molar-refractivity contribution in [1.29, 1.82) is 0 Å². The van der Waals surface area contributed by atoms with Gasteiger partial charge in [-0.2, -0.15) is 0 Å². The third kappa shape index (κ3) is 3.72. The number of nitrogens with two attached hydrogens (primary N) is 1. The van der Waals surface area contributed by atoms with Crippen molar-refractivity contribution in [1.82, 2.24) is 4.98 Å². The minimum Gasteiger partial charge on any atom is -0.366 e. The predicted octanol–water partition coefficient (Wildman–Crippen LogP) is 3.62. The minimum absolute atomic E-state index is 0.142. The van der Waals surface area contributed by atoms with Crippen molar-refractivity contribution in [2.24, 2.45) is 5.73 Å². The summed E-state index contributed by atoms with van der Waals surface area (Å²) in [5.41, 5.74) is 6.90. The third-order valence-corrected chi connectivity index (χ3v) is 4.83. The van der Waals surface area contributed by atoms with Crippen molar-refractivity contribution >= 4 is 50.7 Å². The fourth-order valence-electron chi connectivity index (χ4n) is 2.26. The number of primary amides is 1. The lowest BCUT2D eigenvalue weighted by Crippen LogP contribution is -2.14. The van der Waals surface area contributed by atoms with Crippen LogP contribution in [0.3, 0.4) is 0 Å². The zero-order valence-corrected chi connectivity index (χ0v) is 14.2. The van der Waals surface area contributed by atoms with Gasteiger partial charge < -0.3 is 11.1 Å². The fourth-order valence-corrected chi connectivity index (χ4v) is 3.50. The zero-order valence-electron chi connectivity index (χ0n) is 12.6. The van der Waals surface area contributed by atoms with Gasteiger partial charge in [0, 0.05) is 18.5 Å². The van der Waals surface area contributed by atoms with Crippen LogP contribution in [0, 0.1) is 0 Å². The van der Waals surface area contributed by atoms with Crippen LogP contribution < -0.4 is 11.1 Å². The summed E-state index contributed by atoms with van der Waals surface area (Å²) in [6.45, 7) is 0. The number of amides is 2. The fraction of sp³-hybridized carbons (Fsp3) is 0.118. The molecular weight excluding hydrogens is 346 g/mol. The Morgan fingerprint density at radius 3 is 2.71 bits per heavy atom. The van der Waals surface area contributed by atoms with E-state index >= 15 is 0 Å². The molecule has 0 fully saturated rings. The summed E-state index contributed by atoms with van der Waals surface area (Å²) in [6, 6.07) is 12.5. The Morgan fingerprint density at radius 1 is 1.21 bits per heavy atom. The predicted molar refractivity (Wildman–Crippen MR) is 96.5 cm³/mol. The molecule has 3 rings (SSSR count). The Balaban J connectivity index is 1.61. The highest BCUT2D eigenvalue weighted by atomic mass is 35.5. The van der Waals surface area contributed by atoms with E-state index in [2.05, 4.69) is 10.3 Å². The molecule has 0 aliphatic rings. The lowest BCUT2D eigenvalue weighted by Gasteiger charge is -2.06. The number of anilines is 1. The second kappa shape index (κ2) is 6.98. The minimum atomic E-state index is -0.603. The van der Waals surface area contributed by atoms with Crippen LogP contribution in [0.25, 0.3) is 10.2 Å². The van der Waals surface area contributed by atoms with Crippen molar-refractivity contribution < 1.29 is 9.59 Å². The topological polar surface area (TPSA) is 85.1 Å². The average Bonchev–Trinajstić information content (AvgIpc) is 2.95. The van der Waals surface area contributed by atoms with Crippen LogP contribution in [-0.4, -0.2) is 16.8 Å². The summed E-state index contributed by atoms with van der Waals surface area (Å²) < 4.78 is 1.11. The first kappa shape index (κ1) is 16.4. The molecule has 0 spiro atoms. The van der Waals surface area contributed by atoms with E-state index in [-0.39, 0.29) is 16.5 Å². The summed E-state index contributed by atoms with van der Waals surface area (Å²) in [6.07, 6.45) is 0.882. The largest absolute Gasteiger partial charge is 0.366 e. The molecule has 0 saturated carbocycles. The Bertz CT molecular complexity index is 890. The Morgan fingerprint density at radius 2 is 2.00 bits per heavy atom. The lowest BCUT2D eigenvalue weighted by molar-refractivity contribution is -0.116. The van der Waals surface area contributed by atoms with E-state index in [1.807, 2.05) is 24.3 Å². The van der Waals surface area contributed by atoms with E-state index in [0.717, 1.165) is 15.2 Å². The van der Waals surface area contributed by atoms with Crippen LogP contribution >= 0.6 is 22.9 Å². The van der Waals surface area contributed by atoms with Gasteiger partial charge in [0.2, 0.25) is 11.8 Å². The van der Waals surface area contributed by atoms with Gasteiger partial charge in [-0.25, -0.2) is 4.98 Å². The molecule has 3 aromatic rings. The number of benzene rings is 2. The number of fused-ring (bicyclic) bond motifs is 1. The number of aryl methyl sites for hydroxylation is 1. The van der Waals surface area contributed by atoms with Crippen molar-refractivity contribution in [3.05, 3.63) is 58.1 Å². The molecule has 0 saturated heterocycles. The zero-order chi connectivity index (χ0) is 17.1. The molecule has 5 nitrogen and oxygen atoms in total. The third-order valence-electron chi connectivity index (χ3n) is 3.42. The molecule has 2 aromatic carbocycles. The number of aromatic nitrogens is 1. The van der Waals surface area contributed by atoms with Crippen molar-refractivity contribution in [3.63, 3.8) is 0 Å². The van der Waals surface area contributed by atoms with Gasteiger partial charge in [-0.15, -0.1) is 11.3 Å². The molecule has 122 valence electrons. The van der Waals surface area contributed by atoms with Gasteiger partial charge in [0.25, 0.3) is 0 Å². The number of hydrogen-bond acceptors (Lipinski definition) is 4. The van der Waals surface area contributed by atoms with Crippen LogP contribution in [0.2, 0.25) is 5.02 Å². The van der Waals surface area contributed by atoms with Gasteiger partial charge in [0.05, 0.1) is 25.8 Å². The molecule has 0 unspecified atom stereocenters. The molecular formula is C17H14ClN3O2S. The number of carbonyl (C=O) groups excluding carboxylic acids is 2. The van der Waals surface area contributed by atoms with Crippen LogP contribution in [0.15, 0.2) is 42.5 Å². The molecule has 24 heavy (non-hydrogen) atoms. The van der Waals surface area contributed by atoms with E-state index in [4.69, 9.17) is 17.3 Å². The van der Waals surface area contributed by atoms with Crippen molar-refractivity contribution in [2.75, 3.05) is 5.32 Å². The second-order valence-electron chi connectivity index (χ2n) is 5.18. The van der Waals surface area contributed by atoms with Crippen molar-refractivity contribution in [2.45, 2.75) is 12.8 Å². The van der Waals surface area contributed by atoms with E-state index in [9.17, 15) is 9.59 Å². The van der Waals surface area contributed by atoms with Gasteiger partial charge in [0.1, 0.15) is 0 Å². The number of para-hydroxylation sites is 1. The van der Waals surface area contributed by atoms with Crippen LogP contribution in [0.1, 0.15) is 21.8 Å². The summed E-state index contributed by atoms with van der Waals surface area (Å²) in [5, 5.41) is 3.89. The first-order valence-electron chi connectivity index (χ1n) is 7.26. The van der Waals surface area contributed by atoms with Crippen molar-refractivity contribution in [3.8, 4) is 0 Å². The maximum Gasteiger partial charge on any atom is 0.250 e. The monoisotopic (exact) mass is 359 g/mol. The molecule has 3 N–H and O–H groups in total. The highest BCUT2D eigenvalue weighted by Crippen LogP contribution is 2.23. The van der Waals surface area contributed by atoms with E-state index in [0.29, 0.717) is 18.5 Å². The van der Waals surface area contributed by atoms with Gasteiger partial charge in [-0.3, -0.25) is 9.59 Å². The molecule has 0 radical (unpaired) electrons. The molecule has 1 heterocycles. The number of carbonyl (C=O) groups is 2. The SMILES string of the molecule is NC(=O)c1ccc(NC(=O)CCc2nc3ccccc3s2)cc1Cl. The maximum absolute atomic E-state index is 12.1. The Kier molecular flexibility index (Phi) is 4.78. The van der Waals surface area contributed by atoms with Gasteiger partial charge in [-0.1, -0.05) is 23.7 Å². The van der Waals surface area contributed by atoms with E-state index < -0.39 is 5.91 Å². The number of nitrogens with zero attached hydrogens (tertiary/aromatic N) is 1. The normalized spacial score (nSPS) is 10.7. The number of nitrogens with one attached hydrogen (secondary N) is 1. The van der Waals surface area contributed by atoms with Gasteiger partial charge >= 0.3 is 0 Å². The summed E-state index contributed by atoms with van der Waals surface area (Å²) >= 11 is 7.56. The first-order chi connectivity index (χ1) is 11.5. The quantitative estimate of drug-likeness (QED) is 0.729. The molecule has 0 bridgehead atoms. The summed E-state index contributed by atoms with van der Waals surface area (Å²) in [7, 11) is 0. The Labute approximate surface area is 147 Å². The molecule has 7 heteroatoms. The average molecular weight is 360 g/mol. The molecule has 1 aromatic heterocycles. The highest BCUT2D eigenvalue weighted by Gasteiger charge is 2.10. The van der Waals surface area contributed by atoms with Gasteiger partial charge in [-0.05, 0) is 30.3 Å². The first-order valence-corrected chi connectivity index (χ1v) is 8.46. The van der Waals surface area contributed by atoms with Gasteiger partial charge in [0.15, 0.2) is 0 Å². The maximum atomic E-state index is 12.1. The molecule has 0 aliphatic heterocycles. The van der Waals surface area contributed by atoms with Crippen LogP contribution in [0.4, 0.5) is 5.69 Å². The number of hydrogen-bond donors (Lipinski definition) is 2. The standard InChI is InChI=1S/C17H14ClN3O2S/c18-12-9-10(5-6-11(12)17(19)23)20-15(22)7-8-16-21-13-3-1-2-4-14(13)24-16/h1-6,9H,7-8H2,(H2,19,23)(H,20,22). The second-order valence-corrected chi connectivity index (χ2v) is 6.70. The lowest BCUT2D eigenvalue weighted by atomic mass is 10.2. The molecule has 0 atom stereocenters. The molecule has 0 aliphatic carbocycles. The summed E-state index contributed by atoms with van der Waals surface area (Å²) in [5.74, 6) is -0.745. The number of halogens is 1. The number of thiazole rings is 1.